The van der Waals surface area contributed by atoms with Gasteiger partial charge >= 0.3 is 22.4 Å². The van der Waals surface area contributed by atoms with Crippen LogP contribution in [0.15, 0.2) is 77.8 Å². The van der Waals surface area contributed by atoms with Crippen molar-refractivity contribution in [1.82, 2.24) is 4.98 Å². The number of benzene rings is 2. The van der Waals surface area contributed by atoms with Gasteiger partial charge in [-0.05, 0) is 23.8 Å². The Labute approximate surface area is 165 Å². The molecule has 0 saturated heterocycles. The second-order valence-electron chi connectivity index (χ2n) is 5.02. The van der Waals surface area contributed by atoms with Gasteiger partial charge in [0.15, 0.2) is 0 Å². The maximum atomic E-state index is 12.6. The molecule has 0 spiro atoms. The molecule has 0 bridgehead atoms. The largest absolute Gasteiger partial charge is 1.00 e. The number of nitrogens with zero attached hydrogens (tertiary/aromatic N) is 3. The van der Waals surface area contributed by atoms with E-state index in [0.717, 1.165) is 6.07 Å². The van der Waals surface area contributed by atoms with E-state index in [2.05, 4.69) is 9.71 Å². The van der Waals surface area contributed by atoms with Gasteiger partial charge in [0, 0.05) is 12.3 Å². The summed E-state index contributed by atoms with van der Waals surface area (Å²) in [4.78, 5) is 14.1. The Morgan fingerprint density at radius 1 is 0.923 bits per heavy atom. The Bertz CT molecular complexity index is 1030. The second-order valence-corrected chi connectivity index (χ2v) is 6.60. The first-order valence-electron chi connectivity index (χ1n) is 7.21. The summed E-state index contributed by atoms with van der Waals surface area (Å²) in [5, 5.41) is 11.1. The molecule has 1 aromatic heterocycles. The van der Waals surface area contributed by atoms with Gasteiger partial charge in [-0.3, -0.25) is 15.1 Å². The van der Waals surface area contributed by atoms with E-state index in [0.29, 0.717) is 11.3 Å². The molecule has 136 valence electrons. The summed E-state index contributed by atoms with van der Waals surface area (Å²) in [6, 6.07) is 17.0. The van der Waals surface area contributed by atoms with E-state index in [-0.39, 0.29) is 28.1 Å². The fourth-order valence-electron chi connectivity index (χ4n) is 2.30. The zero-order valence-corrected chi connectivity index (χ0v) is 15.4. The van der Waals surface area contributed by atoms with Crippen molar-refractivity contribution in [2.45, 2.75) is 4.90 Å². The fraction of sp³-hybridized carbons (Fsp3) is 0. The van der Waals surface area contributed by atoms with Crippen molar-refractivity contribution in [2.24, 2.45) is 0 Å². The minimum Gasteiger partial charge on any atom is -0.572 e. The summed E-state index contributed by atoms with van der Waals surface area (Å²) in [7, 11) is -4.26. The Hall–Kier alpha value is -2.52. The number of nitro groups is 1. The van der Waals surface area contributed by atoms with E-state index in [1.165, 1.54) is 24.3 Å². The number of rotatable bonds is 5. The van der Waals surface area contributed by atoms with Gasteiger partial charge in [0.25, 0.3) is 5.69 Å². The predicted molar refractivity (Wildman–Crippen MR) is 93.0 cm³/mol. The average Bonchev–Trinajstić information content (AvgIpc) is 2.62. The van der Waals surface area contributed by atoms with Gasteiger partial charge in [0.1, 0.15) is 14.9 Å². The Morgan fingerprint density at radius 3 is 2.27 bits per heavy atom. The minimum atomic E-state index is -4.26. The van der Waals surface area contributed by atoms with Crippen LogP contribution < -0.4 is 0 Å². The number of pyridine rings is 1. The number of aromatic nitrogens is 1. The van der Waals surface area contributed by atoms with Crippen molar-refractivity contribution >= 4 is 21.4 Å². The zero-order valence-electron chi connectivity index (χ0n) is 13.1. The maximum Gasteiger partial charge on any atom is 1.00 e. The van der Waals surface area contributed by atoms with Gasteiger partial charge in [-0.15, -0.1) is 5.69 Å². The van der Waals surface area contributed by atoms with E-state index in [4.69, 9.17) is 0 Å². The van der Waals surface area contributed by atoms with Crippen LogP contribution in [0.2, 0.25) is 0 Å². The molecular weight excluding hydrogens is 450 g/mol. The monoisotopic (exact) mass is 461 g/mol. The predicted octanol–water partition coefficient (Wildman–Crippen LogP) is 4.05. The molecule has 9 heteroatoms. The van der Waals surface area contributed by atoms with Gasteiger partial charge in [-0.25, -0.2) is 8.42 Å². The Balaban J connectivity index is 0.00000243. The zero-order chi connectivity index (χ0) is 17.9. The van der Waals surface area contributed by atoms with E-state index in [1.54, 1.807) is 42.6 Å². The molecule has 0 aliphatic heterocycles. The molecule has 0 aliphatic carbocycles. The molecule has 7 nitrogen and oxygen atoms in total. The molecule has 3 aromatic rings. The molecule has 1 heterocycles. The molecule has 0 amide bonds. The third-order valence-electron chi connectivity index (χ3n) is 3.40. The van der Waals surface area contributed by atoms with Crippen molar-refractivity contribution < 1.29 is 35.7 Å². The normalized spacial score (nSPS) is 10.6. The summed E-state index contributed by atoms with van der Waals surface area (Å²) in [5.41, 5.74) is 0.728. The summed E-state index contributed by atoms with van der Waals surface area (Å²) >= 11 is 0. The van der Waals surface area contributed by atoms with Crippen LogP contribution in [-0.2, 0) is 32.4 Å². The number of para-hydroxylation sites is 1. The van der Waals surface area contributed by atoms with Crippen molar-refractivity contribution in [2.75, 3.05) is 0 Å². The van der Waals surface area contributed by atoms with Crippen LogP contribution in [0, 0.1) is 10.1 Å². The molecule has 0 radical (unpaired) electrons. The van der Waals surface area contributed by atoms with Crippen molar-refractivity contribution in [3.8, 4) is 11.3 Å². The molecule has 3 rings (SSSR count). The molecule has 0 aliphatic rings. The smallest absolute Gasteiger partial charge is 0.572 e. The maximum absolute atomic E-state index is 12.6. The first-order valence-corrected chi connectivity index (χ1v) is 8.65. The summed E-state index contributed by atoms with van der Waals surface area (Å²) in [6.07, 6.45) is 1.59. The standard InChI is InChI=1S/C17H12N3O4S.Ag/c21-20(22)16-10-3-4-11-17(16)25(23,24)19-15-9-2-1-7-13(15)14-8-5-6-12-18-14;/h1-12H;/q-1;+1. The van der Waals surface area contributed by atoms with E-state index in [1.807, 2.05) is 0 Å². The van der Waals surface area contributed by atoms with Crippen LogP contribution in [0.4, 0.5) is 11.4 Å². The molecular formula is C17H12AgN3O4S. The molecule has 0 fully saturated rings. The Kier molecular flexibility index (Phi) is 6.27. The van der Waals surface area contributed by atoms with Gasteiger partial charge in [0.05, 0.1) is 10.6 Å². The number of hydrogen-bond acceptors (Lipinski definition) is 5. The van der Waals surface area contributed by atoms with Gasteiger partial charge in [-0.1, -0.05) is 42.5 Å². The van der Waals surface area contributed by atoms with Crippen LogP contribution in [0.1, 0.15) is 0 Å². The SMILES string of the molecule is O=[N+]([O-])c1ccccc1S(=O)(=O)[N-]c1ccccc1-c1ccccn1.[Ag+]. The summed E-state index contributed by atoms with van der Waals surface area (Å²) in [6.45, 7) is 0. The van der Waals surface area contributed by atoms with Crippen LogP contribution in [-0.4, -0.2) is 18.3 Å². The molecule has 0 saturated carbocycles. The average molecular weight is 462 g/mol. The van der Waals surface area contributed by atoms with Gasteiger partial charge in [0.2, 0.25) is 0 Å². The molecule has 0 unspecified atom stereocenters. The molecule has 2 aromatic carbocycles. The van der Waals surface area contributed by atoms with Crippen LogP contribution in [0.3, 0.4) is 0 Å². The first-order chi connectivity index (χ1) is 12.0. The summed E-state index contributed by atoms with van der Waals surface area (Å²) in [5.74, 6) is 0. The first kappa shape index (κ1) is 19.8. The minimum absolute atomic E-state index is 0. The van der Waals surface area contributed by atoms with E-state index in [9.17, 15) is 18.5 Å². The van der Waals surface area contributed by atoms with Gasteiger partial charge in [-0.2, -0.15) is 0 Å². The fourth-order valence-corrected chi connectivity index (χ4v) is 3.47. The number of nitro benzene ring substituents is 1. The topological polar surface area (TPSA) is 104 Å². The number of sulfonamides is 1. The second kappa shape index (κ2) is 8.24. The van der Waals surface area contributed by atoms with Crippen LogP contribution in [0.5, 0.6) is 0 Å². The van der Waals surface area contributed by atoms with E-state index < -0.39 is 25.5 Å². The van der Waals surface area contributed by atoms with Crippen molar-refractivity contribution in [3.05, 3.63) is 87.8 Å². The van der Waals surface area contributed by atoms with Crippen LogP contribution >= 0.6 is 0 Å². The van der Waals surface area contributed by atoms with Crippen LogP contribution in [0.25, 0.3) is 16.0 Å². The number of hydrogen-bond donors (Lipinski definition) is 0. The quantitative estimate of drug-likeness (QED) is 0.323. The van der Waals surface area contributed by atoms with Crippen molar-refractivity contribution in [1.29, 1.82) is 0 Å². The molecule has 0 N–H and O–H groups in total. The molecule has 0 atom stereocenters. The van der Waals surface area contributed by atoms with Gasteiger partial charge < -0.3 is 4.72 Å². The summed E-state index contributed by atoms with van der Waals surface area (Å²) < 4.78 is 29.0. The molecule has 26 heavy (non-hydrogen) atoms. The van der Waals surface area contributed by atoms with E-state index >= 15 is 0 Å². The Morgan fingerprint density at radius 2 is 1.58 bits per heavy atom. The van der Waals surface area contributed by atoms with Crippen molar-refractivity contribution in [3.63, 3.8) is 0 Å². The third kappa shape index (κ3) is 4.17. The third-order valence-corrected chi connectivity index (χ3v) is 4.74.